The van der Waals surface area contributed by atoms with E-state index in [4.69, 9.17) is 17.3 Å². The van der Waals surface area contributed by atoms with Crippen molar-refractivity contribution in [3.63, 3.8) is 0 Å². The van der Waals surface area contributed by atoms with Crippen molar-refractivity contribution >= 4 is 11.6 Å². The molecule has 4 heteroatoms. The third kappa shape index (κ3) is 1.54. The predicted octanol–water partition coefficient (Wildman–Crippen LogP) is 1.58. The smallest absolute Gasteiger partial charge is 0.0833 e. The molecule has 0 aromatic carbocycles. The van der Waals surface area contributed by atoms with Gasteiger partial charge in [-0.05, 0) is 13.8 Å². The number of hydrogen-bond acceptors (Lipinski definition) is 2. The van der Waals surface area contributed by atoms with Crippen LogP contribution in [0.15, 0.2) is 6.20 Å². The second-order valence-corrected chi connectivity index (χ2v) is 2.89. The summed E-state index contributed by atoms with van der Waals surface area (Å²) in [6.07, 6.45) is 1.63. The largest absolute Gasteiger partial charge is 0.323 e. The van der Waals surface area contributed by atoms with Crippen LogP contribution in [0.4, 0.5) is 0 Å². The van der Waals surface area contributed by atoms with Crippen LogP contribution >= 0.6 is 11.6 Å². The highest BCUT2D eigenvalue weighted by Crippen LogP contribution is 2.20. The van der Waals surface area contributed by atoms with Gasteiger partial charge in [0, 0.05) is 12.6 Å². The van der Waals surface area contributed by atoms with Gasteiger partial charge >= 0.3 is 0 Å². The van der Waals surface area contributed by atoms with Crippen LogP contribution in [0, 0.1) is 0 Å². The van der Waals surface area contributed by atoms with E-state index in [-0.39, 0.29) is 6.04 Å². The average Bonchev–Trinajstić information content (AvgIpc) is 2.30. The highest BCUT2D eigenvalue weighted by molar-refractivity contribution is 6.31. The van der Waals surface area contributed by atoms with Gasteiger partial charge in [0.05, 0.1) is 16.9 Å². The molecule has 1 heterocycles. The molecule has 62 valence electrons. The number of aryl methyl sites for hydroxylation is 1. The lowest BCUT2D eigenvalue weighted by Crippen LogP contribution is -2.12. The van der Waals surface area contributed by atoms with Crippen molar-refractivity contribution in [3.8, 4) is 0 Å². The molecular weight excluding hydrogens is 162 g/mol. The molecule has 11 heavy (non-hydrogen) atoms. The zero-order valence-electron chi connectivity index (χ0n) is 6.71. The Balaban J connectivity index is 3.07. The van der Waals surface area contributed by atoms with Gasteiger partial charge in [0.25, 0.3) is 0 Å². The summed E-state index contributed by atoms with van der Waals surface area (Å²) in [5.74, 6) is 0. The third-order valence-corrected chi connectivity index (χ3v) is 1.86. The second-order valence-electron chi connectivity index (χ2n) is 2.48. The van der Waals surface area contributed by atoms with E-state index in [0.29, 0.717) is 5.02 Å². The van der Waals surface area contributed by atoms with Gasteiger partial charge in [-0.3, -0.25) is 4.68 Å². The fourth-order valence-corrected chi connectivity index (χ4v) is 1.39. The zero-order valence-corrected chi connectivity index (χ0v) is 7.47. The van der Waals surface area contributed by atoms with E-state index in [1.54, 1.807) is 6.20 Å². The minimum atomic E-state index is -0.0510. The summed E-state index contributed by atoms with van der Waals surface area (Å²) < 4.78 is 1.81. The SMILES string of the molecule is CCn1ncc(Cl)c1C(C)N. The lowest BCUT2D eigenvalue weighted by molar-refractivity contribution is 0.590. The quantitative estimate of drug-likeness (QED) is 0.738. The number of nitrogens with zero attached hydrogens (tertiary/aromatic N) is 2. The Morgan fingerprint density at radius 2 is 2.45 bits per heavy atom. The van der Waals surface area contributed by atoms with Crippen molar-refractivity contribution in [2.75, 3.05) is 0 Å². The van der Waals surface area contributed by atoms with E-state index in [1.807, 2.05) is 18.5 Å². The molecule has 0 fully saturated rings. The van der Waals surface area contributed by atoms with Crippen molar-refractivity contribution in [1.82, 2.24) is 9.78 Å². The maximum absolute atomic E-state index is 5.86. The van der Waals surface area contributed by atoms with Crippen LogP contribution in [0.1, 0.15) is 25.6 Å². The maximum Gasteiger partial charge on any atom is 0.0833 e. The fourth-order valence-electron chi connectivity index (χ4n) is 1.08. The zero-order chi connectivity index (χ0) is 8.43. The summed E-state index contributed by atoms with van der Waals surface area (Å²) >= 11 is 5.86. The van der Waals surface area contributed by atoms with Crippen LogP contribution in [-0.4, -0.2) is 9.78 Å². The molecular formula is C7H12ClN3. The van der Waals surface area contributed by atoms with Crippen molar-refractivity contribution in [2.45, 2.75) is 26.4 Å². The molecule has 0 aliphatic heterocycles. The van der Waals surface area contributed by atoms with E-state index >= 15 is 0 Å². The number of rotatable bonds is 2. The molecule has 0 saturated heterocycles. The highest BCUT2D eigenvalue weighted by atomic mass is 35.5. The standard InChI is InChI=1S/C7H12ClN3/c1-3-11-7(5(2)9)6(8)4-10-11/h4-5H,3,9H2,1-2H3. The highest BCUT2D eigenvalue weighted by Gasteiger charge is 2.10. The van der Waals surface area contributed by atoms with Gasteiger partial charge in [-0.25, -0.2) is 0 Å². The Kier molecular flexibility index (Phi) is 2.52. The molecule has 0 spiro atoms. The van der Waals surface area contributed by atoms with E-state index in [1.165, 1.54) is 0 Å². The van der Waals surface area contributed by atoms with Crippen LogP contribution in [0.2, 0.25) is 5.02 Å². The molecule has 0 aliphatic carbocycles. The molecule has 1 rings (SSSR count). The van der Waals surface area contributed by atoms with Crippen LogP contribution in [0.5, 0.6) is 0 Å². The van der Waals surface area contributed by atoms with E-state index in [2.05, 4.69) is 5.10 Å². The van der Waals surface area contributed by atoms with Gasteiger partial charge in [0.2, 0.25) is 0 Å². The topological polar surface area (TPSA) is 43.8 Å². The molecule has 0 saturated carbocycles. The van der Waals surface area contributed by atoms with Gasteiger partial charge in [-0.15, -0.1) is 0 Å². The molecule has 1 unspecified atom stereocenters. The summed E-state index contributed by atoms with van der Waals surface area (Å²) in [6.45, 7) is 4.72. The van der Waals surface area contributed by atoms with Crippen molar-refractivity contribution in [1.29, 1.82) is 0 Å². The van der Waals surface area contributed by atoms with Crippen LogP contribution in [-0.2, 0) is 6.54 Å². The number of halogens is 1. The molecule has 1 aromatic heterocycles. The first kappa shape index (κ1) is 8.56. The first-order valence-electron chi connectivity index (χ1n) is 3.63. The molecule has 0 aliphatic rings. The average molecular weight is 174 g/mol. The number of nitrogens with two attached hydrogens (primary N) is 1. The normalized spacial score (nSPS) is 13.5. The van der Waals surface area contributed by atoms with E-state index < -0.39 is 0 Å². The lowest BCUT2D eigenvalue weighted by atomic mass is 10.2. The Morgan fingerprint density at radius 1 is 1.82 bits per heavy atom. The second kappa shape index (κ2) is 3.24. The first-order chi connectivity index (χ1) is 5.16. The molecule has 0 radical (unpaired) electrons. The third-order valence-electron chi connectivity index (χ3n) is 1.56. The van der Waals surface area contributed by atoms with Gasteiger partial charge in [0.15, 0.2) is 0 Å². The lowest BCUT2D eigenvalue weighted by Gasteiger charge is -2.07. The Hall–Kier alpha value is -0.540. The molecule has 3 nitrogen and oxygen atoms in total. The maximum atomic E-state index is 5.86. The van der Waals surface area contributed by atoms with Gasteiger partial charge in [0.1, 0.15) is 0 Å². The summed E-state index contributed by atoms with van der Waals surface area (Å²) in [7, 11) is 0. The Morgan fingerprint density at radius 3 is 2.82 bits per heavy atom. The summed E-state index contributed by atoms with van der Waals surface area (Å²) in [5, 5.41) is 4.71. The number of aromatic nitrogens is 2. The Bertz CT molecular complexity index is 242. The molecule has 1 atom stereocenters. The molecule has 0 bridgehead atoms. The minimum Gasteiger partial charge on any atom is -0.323 e. The fraction of sp³-hybridized carbons (Fsp3) is 0.571. The van der Waals surface area contributed by atoms with Crippen LogP contribution < -0.4 is 5.73 Å². The molecule has 1 aromatic rings. The van der Waals surface area contributed by atoms with Crippen LogP contribution in [0.3, 0.4) is 0 Å². The van der Waals surface area contributed by atoms with Crippen molar-refractivity contribution < 1.29 is 0 Å². The van der Waals surface area contributed by atoms with E-state index in [0.717, 1.165) is 12.2 Å². The summed E-state index contributed by atoms with van der Waals surface area (Å²) in [4.78, 5) is 0. The predicted molar refractivity (Wildman–Crippen MR) is 45.5 cm³/mol. The monoisotopic (exact) mass is 173 g/mol. The van der Waals surface area contributed by atoms with Gasteiger partial charge in [-0.1, -0.05) is 11.6 Å². The summed E-state index contributed by atoms with van der Waals surface area (Å²) in [5.41, 5.74) is 6.60. The first-order valence-corrected chi connectivity index (χ1v) is 4.01. The van der Waals surface area contributed by atoms with Gasteiger partial charge in [-0.2, -0.15) is 5.10 Å². The van der Waals surface area contributed by atoms with Crippen molar-refractivity contribution in [2.24, 2.45) is 5.73 Å². The minimum absolute atomic E-state index is 0.0510. The summed E-state index contributed by atoms with van der Waals surface area (Å²) in [6, 6.07) is -0.0510. The molecule has 2 N–H and O–H groups in total. The number of hydrogen-bond donors (Lipinski definition) is 1. The van der Waals surface area contributed by atoms with Crippen LogP contribution in [0.25, 0.3) is 0 Å². The van der Waals surface area contributed by atoms with Gasteiger partial charge < -0.3 is 5.73 Å². The van der Waals surface area contributed by atoms with E-state index in [9.17, 15) is 0 Å². The Labute approximate surface area is 71.1 Å². The molecule has 0 amide bonds. The van der Waals surface area contributed by atoms with Crippen molar-refractivity contribution in [3.05, 3.63) is 16.9 Å².